The Hall–Kier alpha value is -4.39. The lowest BCUT2D eigenvalue weighted by Crippen LogP contribution is -2.29. The van der Waals surface area contributed by atoms with Gasteiger partial charge in [0.1, 0.15) is 11.5 Å². The lowest BCUT2D eigenvalue weighted by molar-refractivity contribution is -0.132. The van der Waals surface area contributed by atoms with Gasteiger partial charge in [-0.25, -0.2) is 4.79 Å². The van der Waals surface area contributed by atoms with Crippen molar-refractivity contribution in [1.29, 1.82) is 0 Å². The third-order valence-corrected chi connectivity index (χ3v) is 6.70. The van der Waals surface area contributed by atoms with Crippen LogP contribution in [0.5, 0.6) is 5.75 Å². The number of carbonyl (C=O) groups is 3. The molecule has 1 atom stereocenters. The number of Topliss-reactive ketones (excluding diaryl/α,β-unsaturated/α-hetero) is 1. The first-order valence-corrected chi connectivity index (χ1v) is 12.9. The molecule has 7 nitrogen and oxygen atoms in total. The molecule has 4 rings (SSSR count). The standard InChI is InChI=1S/C32H33NO6/c1-6-18-39-31(37)21-12-15-23(16-13-21)33-27(20-10-8-7-9-11-20)26(29(35)30(33)36)28(34)24-19-22(32(2,3)4)14-17-25(24)38-5/h7-17,19,27,34H,6,18H2,1-5H3/b28-26+. The van der Waals surface area contributed by atoms with Crippen molar-refractivity contribution in [3.63, 3.8) is 0 Å². The van der Waals surface area contributed by atoms with E-state index in [1.165, 1.54) is 12.0 Å². The number of hydrogen-bond acceptors (Lipinski definition) is 6. The number of methoxy groups -OCH3 is 1. The van der Waals surface area contributed by atoms with Crippen molar-refractivity contribution in [1.82, 2.24) is 0 Å². The number of rotatable bonds is 7. The second kappa shape index (κ2) is 11.2. The first-order chi connectivity index (χ1) is 18.6. The van der Waals surface area contributed by atoms with E-state index in [9.17, 15) is 19.5 Å². The predicted molar refractivity (Wildman–Crippen MR) is 150 cm³/mol. The molecule has 202 valence electrons. The van der Waals surface area contributed by atoms with E-state index in [1.807, 2.05) is 52.0 Å². The minimum Gasteiger partial charge on any atom is -0.507 e. The summed E-state index contributed by atoms with van der Waals surface area (Å²) < 4.78 is 10.7. The number of aliphatic hydroxyl groups is 1. The van der Waals surface area contributed by atoms with E-state index >= 15 is 0 Å². The summed E-state index contributed by atoms with van der Waals surface area (Å²) in [5.74, 6) is -1.98. The molecule has 0 spiro atoms. The zero-order valence-electron chi connectivity index (χ0n) is 22.9. The molecule has 1 unspecified atom stereocenters. The molecule has 0 aromatic heterocycles. The van der Waals surface area contributed by atoms with Gasteiger partial charge in [-0.1, -0.05) is 64.1 Å². The highest BCUT2D eigenvalue weighted by Gasteiger charge is 2.47. The Balaban J connectivity index is 1.88. The van der Waals surface area contributed by atoms with Gasteiger partial charge in [-0.2, -0.15) is 0 Å². The van der Waals surface area contributed by atoms with Gasteiger partial charge in [0.05, 0.1) is 36.5 Å². The monoisotopic (exact) mass is 527 g/mol. The number of anilines is 1. The Labute approximate surface area is 228 Å². The van der Waals surface area contributed by atoms with E-state index in [0.717, 1.165) is 5.56 Å². The minimum atomic E-state index is -0.896. The van der Waals surface area contributed by atoms with Crippen LogP contribution in [0.15, 0.2) is 78.4 Å². The largest absolute Gasteiger partial charge is 0.507 e. The van der Waals surface area contributed by atoms with Crippen molar-refractivity contribution >= 4 is 29.1 Å². The zero-order chi connectivity index (χ0) is 28.3. The van der Waals surface area contributed by atoms with E-state index in [4.69, 9.17) is 9.47 Å². The van der Waals surface area contributed by atoms with E-state index in [2.05, 4.69) is 0 Å². The maximum absolute atomic E-state index is 13.5. The Morgan fingerprint density at radius 3 is 2.23 bits per heavy atom. The van der Waals surface area contributed by atoms with E-state index < -0.39 is 23.7 Å². The number of benzene rings is 3. The topological polar surface area (TPSA) is 93.1 Å². The molecular weight excluding hydrogens is 494 g/mol. The molecule has 0 aliphatic carbocycles. The summed E-state index contributed by atoms with van der Waals surface area (Å²) in [4.78, 5) is 40.7. The number of esters is 1. The molecule has 3 aromatic rings. The summed E-state index contributed by atoms with van der Waals surface area (Å²) in [7, 11) is 1.49. The Bertz CT molecular complexity index is 1420. The quantitative estimate of drug-likeness (QED) is 0.171. The van der Waals surface area contributed by atoms with Crippen LogP contribution in [0.25, 0.3) is 5.76 Å². The number of carbonyl (C=O) groups excluding carboxylic acids is 3. The number of aliphatic hydroxyl groups excluding tert-OH is 1. The lowest BCUT2D eigenvalue weighted by Gasteiger charge is -2.26. The molecule has 1 amide bonds. The Morgan fingerprint density at radius 2 is 1.64 bits per heavy atom. The van der Waals surface area contributed by atoms with Gasteiger partial charge in [-0.05, 0) is 59.4 Å². The molecule has 1 N–H and O–H groups in total. The van der Waals surface area contributed by atoms with Crippen molar-refractivity contribution in [2.45, 2.75) is 45.6 Å². The Kier molecular flexibility index (Phi) is 7.90. The van der Waals surface area contributed by atoms with Gasteiger partial charge in [0.15, 0.2) is 0 Å². The smallest absolute Gasteiger partial charge is 0.338 e. The van der Waals surface area contributed by atoms with Crippen LogP contribution in [0.3, 0.4) is 0 Å². The average molecular weight is 528 g/mol. The number of ether oxygens (including phenoxy) is 2. The molecule has 7 heteroatoms. The summed E-state index contributed by atoms with van der Waals surface area (Å²) in [6.45, 7) is 8.35. The lowest BCUT2D eigenvalue weighted by atomic mass is 9.85. The second-order valence-corrected chi connectivity index (χ2v) is 10.4. The first-order valence-electron chi connectivity index (χ1n) is 12.9. The van der Waals surface area contributed by atoms with Crippen molar-refractivity contribution in [2.75, 3.05) is 18.6 Å². The van der Waals surface area contributed by atoms with Gasteiger partial charge in [-0.15, -0.1) is 0 Å². The molecular formula is C32H33NO6. The molecule has 0 bridgehead atoms. The number of hydrogen-bond donors (Lipinski definition) is 1. The van der Waals surface area contributed by atoms with Crippen LogP contribution in [-0.2, 0) is 19.7 Å². The van der Waals surface area contributed by atoms with Crippen molar-refractivity contribution in [2.24, 2.45) is 0 Å². The normalized spacial score (nSPS) is 16.8. The van der Waals surface area contributed by atoms with E-state index in [-0.39, 0.29) is 16.7 Å². The van der Waals surface area contributed by atoms with Gasteiger partial charge < -0.3 is 14.6 Å². The minimum absolute atomic E-state index is 0.0398. The van der Waals surface area contributed by atoms with Gasteiger partial charge in [0.2, 0.25) is 0 Å². The molecule has 1 aliphatic rings. The molecule has 0 saturated carbocycles. The molecule has 0 radical (unpaired) electrons. The van der Waals surface area contributed by atoms with Gasteiger partial charge in [-0.3, -0.25) is 14.5 Å². The molecule has 1 fully saturated rings. The molecule has 3 aromatic carbocycles. The highest BCUT2D eigenvalue weighted by Crippen LogP contribution is 2.43. The number of nitrogens with zero attached hydrogens (tertiary/aromatic N) is 1. The van der Waals surface area contributed by atoms with Gasteiger partial charge in [0, 0.05) is 5.69 Å². The fourth-order valence-electron chi connectivity index (χ4n) is 4.59. The average Bonchev–Trinajstić information content (AvgIpc) is 3.21. The van der Waals surface area contributed by atoms with Crippen molar-refractivity contribution in [3.8, 4) is 5.75 Å². The SMILES string of the molecule is CCCOC(=O)c1ccc(N2C(=O)C(=O)/C(=C(/O)c3cc(C(C)(C)C)ccc3OC)C2c2ccccc2)cc1. The highest BCUT2D eigenvalue weighted by atomic mass is 16.5. The van der Waals surface area contributed by atoms with Crippen LogP contribution in [0.1, 0.15) is 67.2 Å². The summed E-state index contributed by atoms with van der Waals surface area (Å²) in [5.41, 5.74) is 2.39. The maximum atomic E-state index is 13.5. The molecule has 1 heterocycles. The zero-order valence-corrected chi connectivity index (χ0v) is 22.9. The van der Waals surface area contributed by atoms with Gasteiger partial charge >= 0.3 is 5.97 Å². The molecule has 1 aliphatic heterocycles. The Morgan fingerprint density at radius 1 is 0.974 bits per heavy atom. The van der Waals surface area contributed by atoms with Crippen molar-refractivity contribution < 1.29 is 29.0 Å². The summed E-state index contributed by atoms with van der Waals surface area (Å²) in [5, 5.41) is 11.6. The maximum Gasteiger partial charge on any atom is 0.338 e. The third-order valence-electron chi connectivity index (χ3n) is 6.70. The predicted octanol–water partition coefficient (Wildman–Crippen LogP) is 6.19. The van der Waals surface area contributed by atoms with Crippen LogP contribution < -0.4 is 9.64 Å². The van der Waals surface area contributed by atoms with Crippen molar-refractivity contribution in [3.05, 3.63) is 101 Å². The van der Waals surface area contributed by atoms with Crippen LogP contribution in [0.4, 0.5) is 5.69 Å². The van der Waals surface area contributed by atoms with Gasteiger partial charge in [0.25, 0.3) is 11.7 Å². The number of amides is 1. The van der Waals surface area contributed by atoms with Crippen LogP contribution in [0.2, 0.25) is 0 Å². The summed E-state index contributed by atoms with van der Waals surface area (Å²) in [6, 6.07) is 19.9. The van der Waals surface area contributed by atoms with E-state index in [0.29, 0.717) is 41.2 Å². The van der Waals surface area contributed by atoms with E-state index in [1.54, 1.807) is 48.5 Å². The third kappa shape index (κ3) is 5.43. The molecule has 39 heavy (non-hydrogen) atoms. The van der Waals surface area contributed by atoms with Crippen LogP contribution in [-0.4, -0.2) is 36.5 Å². The fraction of sp³-hybridized carbons (Fsp3) is 0.281. The van der Waals surface area contributed by atoms with Crippen LogP contribution in [0, 0.1) is 0 Å². The highest BCUT2D eigenvalue weighted by molar-refractivity contribution is 6.51. The summed E-state index contributed by atoms with van der Waals surface area (Å²) in [6.07, 6.45) is 0.703. The van der Waals surface area contributed by atoms with Crippen LogP contribution >= 0.6 is 0 Å². The summed E-state index contributed by atoms with van der Waals surface area (Å²) >= 11 is 0. The second-order valence-electron chi connectivity index (χ2n) is 10.4. The fourth-order valence-corrected chi connectivity index (χ4v) is 4.59. The first kappa shape index (κ1) is 27.6. The number of ketones is 1. The molecule has 1 saturated heterocycles.